The Bertz CT molecular complexity index is 1510. The van der Waals surface area contributed by atoms with Crippen LogP contribution in [0.25, 0.3) is 0 Å². The van der Waals surface area contributed by atoms with Gasteiger partial charge in [-0.2, -0.15) is 0 Å². The van der Waals surface area contributed by atoms with Crippen LogP contribution in [-0.4, -0.2) is 83.7 Å². The van der Waals surface area contributed by atoms with Crippen LogP contribution in [0.4, 0.5) is 11.4 Å². The van der Waals surface area contributed by atoms with Gasteiger partial charge in [-0.05, 0) is 50.5 Å². The average Bonchev–Trinajstić information content (AvgIpc) is 3.23. The van der Waals surface area contributed by atoms with Crippen LogP contribution in [0, 0.1) is 12.3 Å². The Hall–Kier alpha value is -4.44. The van der Waals surface area contributed by atoms with Crippen molar-refractivity contribution in [3.05, 3.63) is 76.3 Å². The minimum absolute atomic E-state index is 0.163. The molecule has 5 N–H and O–H groups in total. The molecule has 10 nitrogen and oxygen atoms in total. The lowest BCUT2D eigenvalue weighted by molar-refractivity contribution is -0.553. The molecule has 2 aliphatic heterocycles. The van der Waals surface area contributed by atoms with E-state index in [4.69, 9.17) is 11.1 Å². The van der Waals surface area contributed by atoms with E-state index >= 15 is 0 Å². The number of aryl methyl sites for hydroxylation is 1. The molecule has 0 fully saturated rings. The molecule has 1 aromatic heterocycles. The van der Waals surface area contributed by atoms with Crippen LogP contribution < -0.4 is 16.4 Å². The summed E-state index contributed by atoms with van der Waals surface area (Å²) in [4.78, 5) is 36.3. The van der Waals surface area contributed by atoms with E-state index in [1.54, 1.807) is 38.6 Å². The first-order valence-electron chi connectivity index (χ1n) is 17.0. The van der Waals surface area contributed by atoms with Crippen LogP contribution >= 0.6 is 0 Å². The van der Waals surface area contributed by atoms with E-state index in [1.807, 2.05) is 24.8 Å². The highest BCUT2D eigenvalue weighted by molar-refractivity contribution is 6.04. The number of aromatic nitrogens is 1. The van der Waals surface area contributed by atoms with Crippen molar-refractivity contribution in [2.75, 3.05) is 43.9 Å². The highest BCUT2D eigenvalue weighted by atomic mass is 16.2. The standard InChI is InChI=1S/C34H46N8O2.C4H10/c1-7-31-11-10-27(28(17-35)19-37-6)15-25(4)42(31)13-8-9-24(3)34(44)40-32-16-30(20-38-26(32)5)39-33(43)22-41-14-12-23(2)29(18-36)21-41;1-3-4-2/h9-11,15-20,31,35-36H,7-8,12-14,21-22H2,1-6H3,(H2,39,40,43,44);3-4H2,1-2H3/p+1. The molecule has 1 atom stereocenters. The zero-order valence-electron chi connectivity index (χ0n) is 30.3. The molecular formula is C38H57N8O2+. The van der Waals surface area contributed by atoms with Gasteiger partial charge in [0.2, 0.25) is 5.91 Å². The van der Waals surface area contributed by atoms with Gasteiger partial charge in [-0.1, -0.05) is 51.3 Å². The molecule has 0 spiro atoms. The number of hydrogen-bond acceptors (Lipinski definition) is 7. The Morgan fingerprint density at radius 1 is 1.19 bits per heavy atom. The first kappa shape index (κ1) is 39.7. The Labute approximate surface area is 287 Å². The predicted octanol–water partition coefficient (Wildman–Crippen LogP) is 6.37. The quantitative estimate of drug-likeness (QED) is 0.111. The number of nitrogens with zero attached hydrogens (tertiary/aromatic N) is 4. The molecule has 0 saturated carbocycles. The average molecular weight is 658 g/mol. The number of amides is 2. The van der Waals surface area contributed by atoms with Gasteiger partial charge < -0.3 is 21.8 Å². The number of aliphatic imine (C=N–C) groups is 1. The van der Waals surface area contributed by atoms with Crippen LogP contribution in [-0.2, 0) is 9.59 Å². The van der Waals surface area contributed by atoms with E-state index in [0.717, 1.165) is 48.4 Å². The molecule has 1 aromatic rings. The monoisotopic (exact) mass is 657 g/mol. The van der Waals surface area contributed by atoms with Gasteiger partial charge in [0.1, 0.15) is 6.54 Å². The fraction of sp³-hybridized carbons (Fsp3) is 0.474. The van der Waals surface area contributed by atoms with Gasteiger partial charge >= 0.3 is 0 Å². The summed E-state index contributed by atoms with van der Waals surface area (Å²) in [5, 5.41) is 13.4. The van der Waals surface area contributed by atoms with E-state index < -0.39 is 0 Å². The van der Waals surface area contributed by atoms with Crippen molar-refractivity contribution in [2.24, 2.45) is 10.7 Å². The van der Waals surface area contributed by atoms with Crippen LogP contribution in [0.2, 0.25) is 0 Å². The van der Waals surface area contributed by atoms with Crippen LogP contribution in [0.15, 0.2) is 75.6 Å². The molecule has 2 aliphatic rings. The number of hydrogen-bond donors (Lipinski definition) is 4. The zero-order chi connectivity index (χ0) is 35.6. The number of nitrogens with one attached hydrogen (secondary N) is 3. The SMILES string of the molecule is CCC1C=CC(/C(C=NC)=C/N)=CC(C)=[N+]1CCC=C(C)C(=O)Nc1cc(NC(=O)CN2CCC(C)=C(C=N)C2)cnc1C.CCCC. The maximum atomic E-state index is 13.1. The number of allylic oxidation sites excluding steroid dienone is 4. The lowest BCUT2D eigenvalue weighted by Gasteiger charge is -2.27. The number of carbonyl (C=O) groups is 2. The first-order chi connectivity index (χ1) is 23.0. The van der Waals surface area contributed by atoms with Crippen molar-refractivity contribution in [3.63, 3.8) is 0 Å². The van der Waals surface area contributed by atoms with Gasteiger partial charge in [0.25, 0.3) is 5.91 Å². The number of pyridine rings is 1. The van der Waals surface area contributed by atoms with Crippen LogP contribution in [0.5, 0.6) is 0 Å². The zero-order valence-corrected chi connectivity index (χ0v) is 30.3. The fourth-order valence-electron chi connectivity index (χ4n) is 5.28. The number of nitrogens with two attached hydrogens (primary N) is 1. The highest BCUT2D eigenvalue weighted by Crippen LogP contribution is 2.20. The first-order valence-corrected chi connectivity index (χ1v) is 17.0. The summed E-state index contributed by atoms with van der Waals surface area (Å²) in [6.45, 7) is 16.6. The second-order valence-corrected chi connectivity index (χ2v) is 12.2. The van der Waals surface area contributed by atoms with Crippen LogP contribution in [0.3, 0.4) is 0 Å². The van der Waals surface area contributed by atoms with Gasteiger partial charge in [0, 0.05) is 75.8 Å². The van der Waals surface area contributed by atoms with Crippen molar-refractivity contribution < 1.29 is 14.2 Å². The smallest absolute Gasteiger partial charge is 0.251 e. The van der Waals surface area contributed by atoms with Crippen LogP contribution in [0.1, 0.15) is 79.3 Å². The third kappa shape index (κ3) is 12.3. The molecule has 3 rings (SSSR count). The van der Waals surface area contributed by atoms with E-state index in [2.05, 4.69) is 71.1 Å². The Morgan fingerprint density at radius 3 is 2.54 bits per heavy atom. The van der Waals surface area contributed by atoms with E-state index in [-0.39, 0.29) is 24.4 Å². The summed E-state index contributed by atoms with van der Waals surface area (Å²) in [7, 11) is 1.73. The maximum Gasteiger partial charge on any atom is 0.251 e. The summed E-state index contributed by atoms with van der Waals surface area (Å²) < 4.78 is 2.34. The maximum absolute atomic E-state index is 13.1. The molecule has 1 unspecified atom stereocenters. The molecule has 0 bridgehead atoms. The predicted molar refractivity (Wildman–Crippen MR) is 202 cm³/mol. The summed E-state index contributed by atoms with van der Waals surface area (Å²) >= 11 is 0. The van der Waals surface area contributed by atoms with Gasteiger partial charge in [-0.25, -0.2) is 4.58 Å². The van der Waals surface area contributed by atoms with E-state index in [9.17, 15) is 9.59 Å². The fourth-order valence-corrected chi connectivity index (χ4v) is 5.28. The van der Waals surface area contributed by atoms with Crippen molar-refractivity contribution in [1.82, 2.24) is 9.88 Å². The van der Waals surface area contributed by atoms with Crippen molar-refractivity contribution in [1.29, 1.82) is 5.41 Å². The summed E-state index contributed by atoms with van der Waals surface area (Å²) in [6.07, 6.45) is 19.8. The third-order valence-corrected chi connectivity index (χ3v) is 8.50. The van der Waals surface area contributed by atoms with Crippen molar-refractivity contribution >= 4 is 41.3 Å². The molecule has 2 amide bonds. The molecule has 0 radical (unpaired) electrons. The minimum atomic E-state index is -0.213. The number of carbonyl (C=O) groups excluding carboxylic acids is 2. The van der Waals surface area contributed by atoms with Gasteiger partial charge in [0.05, 0.1) is 29.8 Å². The molecule has 0 saturated heterocycles. The highest BCUT2D eigenvalue weighted by Gasteiger charge is 2.22. The normalized spacial score (nSPS) is 17.5. The molecule has 0 aromatic carbocycles. The van der Waals surface area contributed by atoms with E-state index in [1.165, 1.54) is 24.6 Å². The number of rotatable bonds is 13. The Balaban J connectivity index is 0.00000189. The molecular weight excluding hydrogens is 600 g/mol. The van der Waals surface area contributed by atoms with Crippen molar-refractivity contribution in [2.45, 2.75) is 86.6 Å². The topological polar surface area (TPSA) is 140 Å². The third-order valence-electron chi connectivity index (χ3n) is 8.50. The lowest BCUT2D eigenvalue weighted by atomic mass is 10.0. The van der Waals surface area contributed by atoms with Crippen molar-refractivity contribution in [3.8, 4) is 0 Å². The second kappa shape index (κ2) is 20.7. The lowest BCUT2D eigenvalue weighted by Crippen LogP contribution is -2.38. The summed E-state index contributed by atoms with van der Waals surface area (Å²) in [6, 6.07) is 1.96. The second-order valence-electron chi connectivity index (χ2n) is 12.2. The van der Waals surface area contributed by atoms with Gasteiger partial charge in [-0.15, -0.1) is 0 Å². The minimum Gasteiger partial charge on any atom is -0.404 e. The van der Waals surface area contributed by atoms with E-state index in [0.29, 0.717) is 35.6 Å². The molecule has 48 heavy (non-hydrogen) atoms. The van der Waals surface area contributed by atoms with Gasteiger partial charge in [-0.3, -0.25) is 24.5 Å². The Kier molecular flexibility index (Phi) is 17.2. The molecule has 0 aliphatic carbocycles. The summed E-state index contributed by atoms with van der Waals surface area (Å²) in [5.41, 5.74) is 13.3. The summed E-state index contributed by atoms with van der Waals surface area (Å²) in [5.74, 6) is -0.375. The molecule has 10 heteroatoms. The van der Waals surface area contributed by atoms with Gasteiger partial charge in [0.15, 0.2) is 11.8 Å². The molecule has 3 heterocycles. The number of anilines is 2. The molecule has 260 valence electrons. The Morgan fingerprint density at radius 2 is 1.92 bits per heavy atom. The largest absolute Gasteiger partial charge is 0.404 e. The number of unbranched alkanes of at least 4 members (excludes halogenated alkanes) is 1.